The molecule has 3 aromatic rings. The summed E-state index contributed by atoms with van der Waals surface area (Å²) in [5.41, 5.74) is 2.02. The van der Waals surface area contributed by atoms with Crippen LogP contribution >= 0.6 is 0 Å². The molecule has 1 N–H and O–H groups in total. The molecule has 2 aromatic carbocycles. The maximum Gasteiger partial charge on any atom is 0.287 e. The smallest absolute Gasteiger partial charge is 0.287 e. The zero-order chi connectivity index (χ0) is 18.4. The highest BCUT2D eigenvalue weighted by molar-refractivity contribution is 5.96. The fourth-order valence-corrected chi connectivity index (χ4v) is 3.35. The Morgan fingerprint density at radius 1 is 1.04 bits per heavy atom. The molecule has 136 valence electrons. The minimum Gasteiger partial charge on any atom is -0.451 e. The van der Waals surface area contributed by atoms with Gasteiger partial charge in [-0.1, -0.05) is 62.4 Å². The van der Waals surface area contributed by atoms with Crippen molar-refractivity contribution in [2.75, 3.05) is 19.6 Å². The van der Waals surface area contributed by atoms with Gasteiger partial charge in [0.15, 0.2) is 5.76 Å². The summed E-state index contributed by atoms with van der Waals surface area (Å²) in [6, 6.07) is 20.1. The van der Waals surface area contributed by atoms with Gasteiger partial charge in [-0.3, -0.25) is 9.69 Å². The van der Waals surface area contributed by atoms with E-state index in [0.29, 0.717) is 12.3 Å². The second kappa shape index (κ2) is 8.68. The summed E-state index contributed by atoms with van der Waals surface area (Å²) in [6.07, 6.45) is 0.906. The van der Waals surface area contributed by atoms with Crippen molar-refractivity contribution < 1.29 is 9.21 Å². The predicted octanol–water partition coefficient (Wildman–Crippen LogP) is 4.12. The van der Waals surface area contributed by atoms with Crippen molar-refractivity contribution in [2.45, 2.75) is 26.3 Å². The van der Waals surface area contributed by atoms with E-state index in [-0.39, 0.29) is 11.9 Å². The van der Waals surface area contributed by atoms with Gasteiger partial charge in [0.1, 0.15) is 5.58 Å². The molecule has 0 aliphatic rings. The summed E-state index contributed by atoms with van der Waals surface area (Å²) in [4.78, 5) is 14.9. The number of hydrogen-bond donors (Lipinski definition) is 1. The van der Waals surface area contributed by atoms with Gasteiger partial charge in [0.2, 0.25) is 0 Å². The quantitative estimate of drug-likeness (QED) is 0.665. The van der Waals surface area contributed by atoms with Crippen LogP contribution in [0.25, 0.3) is 11.0 Å². The first kappa shape index (κ1) is 18.2. The number of benzene rings is 2. The SMILES string of the molecule is CCN(CC)C(CNC(=O)c1cc2ccccc2o1)Cc1ccccc1. The van der Waals surface area contributed by atoms with Gasteiger partial charge in [0.05, 0.1) is 0 Å². The number of carbonyl (C=O) groups is 1. The lowest BCUT2D eigenvalue weighted by Gasteiger charge is -2.30. The lowest BCUT2D eigenvalue weighted by molar-refractivity contribution is 0.0909. The van der Waals surface area contributed by atoms with E-state index >= 15 is 0 Å². The summed E-state index contributed by atoms with van der Waals surface area (Å²) < 4.78 is 5.67. The van der Waals surface area contributed by atoms with Crippen molar-refractivity contribution in [2.24, 2.45) is 0 Å². The molecule has 1 amide bonds. The predicted molar refractivity (Wildman–Crippen MR) is 105 cm³/mol. The third kappa shape index (κ3) is 4.33. The van der Waals surface area contributed by atoms with Gasteiger partial charge in [0.25, 0.3) is 5.91 Å². The molecule has 4 nitrogen and oxygen atoms in total. The number of para-hydroxylation sites is 1. The maximum absolute atomic E-state index is 12.5. The van der Waals surface area contributed by atoms with Gasteiger partial charge in [-0.05, 0) is 37.2 Å². The molecule has 0 spiro atoms. The van der Waals surface area contributed by atoms with Crippen molar-refractivity contribution in [3.8, 4) is 0 Å². The Morgan fingerprint density at radius 3 is 2.42 bits per heavy atom. The summed E-state index contributed by atoms with van der Waals surface area (Å²) in [6.45, 7) is 6.81. The van der Waals surface area contributed by atoms with E-state index in [4.69, 9.17) is 4.42 Å². The average Bonchev–Trinajstić information content (AvgIpc) is 3.12. The van der Waals surface area contributed by atoms with E-state index in [1.165, 1.54) is 5.56 Å². The molecule has 0 aliphatic heterocycles. The van der Waals surface area contributed by atoms with Crippen molar-refractivity contribution in [1.29, 1.82) is 0 Å². The Morgan fingerprint density at radius 2 is 1.73 bits per heavy atom. The fourth-order valence-electron chi connectivity index (χ4n) is 3.35. The standard InChI is InChI=1S/C22H26N2O2/c1-3-24(4-2)19(14-17-10-6-5-7-11-17)16-23-22(25)21-15-18-12-8-9-13-20(18)26-21/h5-13,15,19H,3-4,14,16H2,1-2H3,(H,23,25). The number of nitrogens with zero attached hydrogens (tertiary/aromatic N) is 1. The first-order valence-corrected chi connectivity index (χ1v) is 9.26. The molecule has 1 atom stereocenters. The third-order valence-electron chi connectivity index (χ3n) is 4.79. The number of hydrogen-bond acceptors (Lipinski definition) is 3. The molecular formula is C22H26N2O2. The Kier molecular flexibility index (Phi) is 6.08. The van der Waals surface area contributed by atoms with E-state index in [0.717, 1.165) is 30.5 Å². The van der Waals surface area contributed by atoms with Gasteiger partial charge in [-0.15, -0.1) is 0 Å². The molecule has 0 radical (unpaired) electrons. The monoisotopic (exact) mass is 350 g/mol. The highest BCUT2D eigenvalue weighted by Gasteiger charge is 2.19. The van der Waals surface area contributed by atoms with E-state index < -0.39 is 0 Å². The van der Waals surface area contributed by atoms with Crippen LogP contribution in [-0.2, 0) is 6.42 Å². The third-order valence-corrected chi connectivity index (χ3v) is 4.79. The van der Waals surface area contributed by atoms with Gasteiger partial charge in [0, 0.05) is 18.0 Å². The molecule has 0 aliphatic carbocycles. The molecular weight excluding hydrogens is 324 g/mol. The van der Waals surface area contributed by atoms with Crippen LogP contribution in [0, 0.1) is 0 Å². The zero-order valence-electron chi connectivity index (χ0n) is 15.4. The van der Waals surface area contributed by atoms with Gasteiger partial charge in [-0.25, -0.2) is 0 Å². The second-order valence-electron chi connectivity index (χ2n) is 6.42. The number of carbonyl (C=O) groups excluding carboxylic acids is 1. The Hall–Kier alpha value is -2.59. The van der Waals surface area contributed by atoms with Crippen LogP contribution in [0.3, 0.4) is 0 Å². The highest BCUT2D eigenvalue weighted by Crippen LogP contribution is 2.18. The lowest BCUT2D eigenvalue weighted by Crippen LogP contribution is -2.45. The van der Waals surface area contributed by atoms with Crippen molar-refractivity contribution >= 4 is 16.9 Å². The Labute approximate surface area is 154 Å². The van der Waals surface area contributed by atoms with Crippen molar-refractivity contribution in [1.82, 2.24) is 10.2 Å². The fraction of sp³-hybridized carbons (Fsp3) is 0.318. The molecule has 1 aromatic heterocycles. The van der Waals surface area contributed by atoms with E-state index in [9.17, 15) is 4.79 Å². The largest absolute Gasteiger partial charge is 0.451 e. The molecule has 0 saturated carbocycles. The van der Waals surface area contributed by atoms with Crippen LogP contribution in [0.2, 0.25) is 0 Å². The number of fused-ring (bicyclic) bond motifs is 1. The Bertz CT molecular complexity index is 804. The van der Waals surface area contributed by atoms with Crippen molar-refractivity contribution in [3.63, 3.8) is 0 Å². The highest BCUT2D eigenvalue weighted by atomic mass is 16.3. The second-order valence-corrected chi connectivity index (χ2v) is 6.42. The summed E-state index contributed by atoms with van der Waals surface area (Å²) in [5.74, 6) is 0.204. The van der Waals surface area contributed by atoms with Crippen LogP contribution < -0.4 is 5.32 Å². The van der Waals surface area contributed by atoms with Gasteiger partial charge < -0.3 is 9.73 Å². The first-order valence-electron chi connectivity index (χ1n) is 9.26. The molecule has 0 bridgehead atoms. The molecule has 0 fully saturated rings. The van der Waals surface area contributed by atoms with Crippen LogP contribution in [0.5, 0.6) is 0 Å². The van der Waals surface area contributed by atoms with E-state index in [1.807, 2.05) is 30.3 Å². The maximum atomic E-state index is 12.5. The normalized spacial score (nSPS) is 12.4. The molecule has 3 rings (SSSR count). The molecule has 1 unspecified atom stereocenters. The minimum absolute atomic E-state index is 0.161. The van der Waals surface area contributed by atoms with Crippen LogP contribution in [0.4, 0.5) is 0 Å². The van der Waals surface area contributed by atoms with Gasteiger partial charge in [-0.2, -0.15) is 0 Å². The number of furan rings is 1. The van der Waals surface area contributed by atoms with E-state index in [2.05, 4.69) is 48.3 Å². The summed E-state index contributed by atoms with van der Waals surface area (Å²) >= 11 is 0. The zero-order valence-corrected chi connectivity index (χ0v) is 15.4. The average molecular weight is 350 g/mol. The molecule has 0 saturated heterocycles. The van der Waals surface area contributed by atoms with Crippen LogP contribution in [-0.4, -0.2) is 36.5 Å². The molecule has 26 heavy (non-hydrogen) atoms. The topological polar surface area (TPSA) is 45.5 Å². The van der Waals surface area contributed by atoms with Crippen LogP contribution in [0.15, 0.2) is 65.1 Å². The van der Waals surface area contributed by atoms with Gasteiger partial charge >= 0.3 is 0 Å². The molecule has 4 heteroatoms. The first-order chi connectivity index (χ1) is 12.7. The number of likely N-dealkylation sites (N-methyl/N-ethyl adjacent to an activating group) is 1. The van der Waals surface area contributed by atoms with E-state index in [1.54, 1.807) is 6.07 Å². The minimum atomic E-state index is -0.161. The lowest BCUT2D eigenvalue weighted by atomic mass is 10.0. The van der Waals surface area contributed by atoms with Crippen molar-refractivity contribution in [3.05, 3.63) is 72.0 Å². The molecule has 1 heterocycles. The summed E-state index contributed by atoms with van der Waals surface area (Å²) in [5, 5.41) is 4.00. The Balaban J connectivity index is 1.68. The number of rotatable bonds is 8. The van der Waals surface area contributed by atoms with Crippen LogP contribution in [0.1, 0.15) is 30.0 Å². The number of nitrogens with one attached hydrogen (secondary N) is 1. The number of amides is 1. The summed E-state index contributed by atoms with van der Waals surface area (Å²) in [7, 11) is 0.